The summed E-state index contributed by atoms with van der Waals surface area (Å²) in [7, 11) is 0. The van der Waals surface area contributed by atoms with Crippen LogP contribution in [0.4, 0.5) is 11.4 Å². The van der Waals surface area contributed by atoms with Crippen molar-refractivity contribution < 1.29 is 0 Å². The molecule has 0 N–H and O–H groups in total. The molecular formula is C76H62N4. The second-order valence-electron chi connectivity index (χ2n) is 22.2. The monoisotopic (exact) mass is 1030 g/mol. The van der Waals surface area contributed by atoms with Crippen molar-refractivity contribution in [3.05, 3.63) is 289 Å². The van der Waals surface area contributed by atoms with Crippen LogP contribution >= 0.6 is 0 Å². The molecule has 5 aliphatic carbocycles. The van der Waals surface area contributed by atoms with E-state index in [1.807, 2.05) is 12.2 Å². The summed E-state index contributed by atoms with van der Waals surface area (Å²) in [4.78, 5) is 4.97. The van der Waals surface area contributed by atoms with Crippen LogP contribution in [0.5, 0.6) is 0 Å². The average Bonchev–Trinajstić information content (AvgIpc) is 4.37. The highest BCUT2D eigenvalue weighted by molar-refractivity contribution is 6.12. The van der Waals surface area contributed by atoms with Crippen molar-refractivity contribution in [1.29, 1.82) is 0 Å². The van der Waals surface area contributed by atoms with Crippen LogP contribution in [0, 0.1) is 0 Å². The average molecular weight is 1030 g/mol. The summed E-state index contributed by atoms with van der Waals surface area (Å²) in [5.74, 6) is 0.189. The van der Waals surface area contributed by atoms with Gasteiger partial charge in [0.05, 0.1) is 28.6 Å². The van der Waals surface area contributed by atoms with Crippen LogP contribution in [0.3, 0.4) is 0 Å². The molecule has 0 radical (unpaired) electrons. The molecule has 1 aliphatic heterocycles. The lowest BCUT2D eigenvalue weighted by molar-refractivity contribution is 0.725. The molecule has 0 saturated heterocycles. The molecule has 4 heteroatoms. The molecule has 6 aliphatic rings. The van der Waals surface area contributed by atoms with Gasteiger partial charge in [-0.25, -0.2) is 0 Å². The number of allylic oxidation sites excluding steroid dienone is 15. The van der Waals surface area contributed by atoms with Gasteiger partial charge in [0, 0.05) is 72.2 Å². The number of fused-ring (bicyclic) bond motifs is 10. The third-order valence-electron chi connectivity index (χ3n) is 17.6. The molecule has 15 rings (SSSR count). The molecule has 2 aromatic heterocycles. The molecule has 3 heterocycles. The first kappa shape index (κ1) is 47.8. The zero-order valence-electron chi connectivity index (χ0n) is 45.1. The molecule has 386 valence electrons. The molecule has 3 unspecified atom stereocenters. The normalized spacial score (nSPS) is 19.1. The van der Waals surface area contributed by atoms with Crippen molar-refractivity contribution in [2.75, 3.05) is 9.80 Å². The zero-order valence-corrected chi connectivity index (χ0v) is 45.1. The molecule has 3 atom stereocenters. The number of anilines is 2. The van der Waals surface area contributed by atoms with E-state index in [2.05, 4.69) is 269 Å². The van der Waals surface area contributed by atoms with Crippen LogP contribution in [0.2, 0.25) is 0 Å². The van der Waals surface area contributed by atoms with E-state index >= 15 is 0 Å². The van der Waals surface area contributed by atoms with Gasteiger partial charge in [0.25, 0.3) is 0 Å². The van der Waals surface area contributed by atoms with Crippen LogP contribution in [-0.4, -0.2) is 21.2 Å². The maximum atomic E-state index is 4.50. The van der Waals surface area contributed by atoms with Gasteiger partial charge in [-0.15, -0.1) is 0 Å². The lowest BCUT2D eigenvalue weighted by atomic mass is 9.86. The predicted octanol–water partition coefficient (Wildman–Crippen LogP) is 17.7. The SMILES string of the molecule is C=C/C=C\C(=C)N1c2ccccc2C2C=C(c3ccc4c(c3)c3cc(-c5ccc6c(c5)c5c(n6C6=CC=CCC6)=CCCC=5)ccc3n4-c3ccc(C4=CC=C(N(c5cccc6ccccc56)C5C=CC=CC5)CC4)cc3)C=CC21. The Labute approximate surface area is 468 Å². The van der Waals surface area contributed by atoms with E-state index in [-0.39, 0.29) is 18.0 Å². The maximum Gasteiger partial charge on any atom is 0.0629 e. The van der Waals surface area contributed by atoms with Gasteiger partial charge in [0.1, 0.15) is 0 Å². The third kappa shape index (κ3) is 8.03. The smallest absolute Gasteiger partial charge is 0.0629 e. The van der Waals surface area contributed by atoms with Gasteiger partial charge < -0.3 is 18.9 Å². The summed E-state index contributed by atoms with van der Waals surface area (Å²) in [6, 6.07) is 55.5. The molecule has 7 aromatic carbocycles. The lowest BCUT2D eigenvalue weighted by Crippen LogP contribution is -2.34. The molecule has 80 heavy (non-hydrogen) atoms. The number of rotatable bonds is 11. The summed E-state index contributed by atoms with van der Waals surface area (Å²) in [5.41, 5.74) is 19.9. The molecule has 0 bridgehead atoms. The van der Waals surface area contributed by atoms with Gasteiger partial charge >= 0.3 is 0 Å². The quantitative estimate of drug-likeness (QED) is 0.120. The first-order valence-corrected chi connectivity index (χ1v) is 28.7. The van der Waals surface area contributed by atoms with Crippen molar-refractivity contribution in [1.82, 2.24) is 9.13 Å². The Hall–Kier alpha value is -9.38. The number of hydrogen-bond acceptors (Lipinski definition) is 2. The summed E-state index contributed by atoms with van der Waals surface area (Å²) >= 11 is 0. The second kappa shape index (κ2) is 19.8. The van der Waals surface area contributed by atoms with Crippen LogP contribution in [-0.2, 0) is 0 Å². The fourth-order valence-electron chi connectivity index (χ4n) is 13.9. The third-order valence-corrected chi connectivity index (χ3v) is 17.6. The Morgan fingerprint density at radius 2 is 1.35 bits per heavy atom. The molecule has 0 saturated carbocycles. The van der Waals surface area contributed by atoms with Crippen molar-refractivity contribution >= 4 is 83.9 Å². The number of para-hydroxylation sites is 1. The van der Waals surface area contributed by atoms with E-state index in [9.17, 15) is 0 Å². The lowest BCUT2D eigenvalue weighted by Gasteiger charge is -2.36. The summed E-state index contributed by atoms with van der Waals surface area (Å²) in [5, 5.41) is 9.09. The highest BCUT2D eigenvalue weighted by atomic mass is 15.2. The summed E-state index contributed by atoms with van der Waals surface area (Å²) in [6.45, 7) is 8.41. The highest BCUT2D eigenvalue weighted by Gasteiger charge is 2.38. The van der Waals surface area contributed by atoms with Gasteiger partial charge in [-0.1, -0.05) is 183 Å². The molecular weight excluding hydrogens is 969 g/mol. The van der Waals surface area contributed by atoms with Gasteiger partial charge in [-0.05, 0) is 168 Å². The van der Waals surface area contributed by atoms with Crippen molar-refractivity contribution in [2.45, 2.75) is 62.9 Å². The molecule has 4 nitrogen and oxygen atoms in total. The Balaban J connectivity index is 0.823. The predicted molar refractivity (Wildman–Crippen MR) is 341 cm³/mol. The van der Waals surface area contributed by atoms with Gasteiger partial charge in [0.15, 0.2) is 0 Å². The van der Waals surface area contributed by atoms with Crippen molar-refractivity contribution in [3.8, 4) is 16.8 Å². The fraction of sp³-hybridized carbons (Fsp3) is 0.132. The van der Waals surface area contributed by atoms with Crippen molar-refractivity contribution in [3.63, 3.8) is 0 Å². The van der Waals surface area contributed by atoms with Gasteiger partial charge in [0.2, 0.25) is 0 Å². The number of hydrogen-bond donors (Lipinski definition) is 0. The zero-order chi connectivity index (χ0) is 53.3. The molecule has 0 spiro atoms. The van der Waals surface area contributed by atoms with Crippen LogP contribution in [0.25, 0.3) is 89.3 Å². The van der Waals surface area contributed by atoms with E-state index in [0.717, 1.165) is 56.3 Å². The minimum absolute atomic E-state index is 0.143. The number of nitrogens with zero attached hydrogens (tertiary/aromatic N) is 4. The minimum atomic E-state index is 0.143. The largest absolute Gasteiger partial charge is 0.337 e. The maximum absolute atomic E-state index is 4.50. The Morgan fingerprint density at radius 1 is 0.600 bits per heavy atom. The Kier molecular flexibility index (Phi) is 11.8. The van der Waals surface area contributed by atoms with Crippen LogP contribution < -0.4 is 20.4 Å². The highest BCUT2D eigenvalue weighted by Crippen LogP contribution is 2.48. The minimum Gasteiger partial charge on any atom is -0.337 e. The summed E-state index contributed by atoms with van der Waals surface area (Å²) < 4.78 is 5.01. The topological polar surface area (TPSA) is 16.3 Å². The van der Waals surface area contributed by atoms with Gasteiger partial charge in [-0.2, -0.15) is 0 Å². The first-order valence-electron chi connectivity index (χ1n) is 28.7. The number of benzene rings is 7. The molecule has 0 fully saturated rings. The molecule has 9 aromatic rings. The van der Waals surface area contributed by atoms with E-state index in [0.29, 0.717) is 0 Å². The molecule has 0 amide bonds. The van der Waals surface area contributed by atoms with E-state index < -0.39 is 0 Å². The van der Waals surface area contributed by atoms with Crippen LogP contribution in [0.15, 0.2) is 261 Å². The van der Waals surface area contributed by atoms with Crippen LogP contribution in [0.1, 0.15) is 67.6 Å². The number of aromatic nitrogens is 2. The van der Waals surface area contributed by atoms with Gasteiger partial charge in [-0.3, -0.25) is 0 Å². The van der Waals surface area contributed by atoms with E-state index in [1.165, 1.54) is 116 Å². The standard InChI is InChI=1S/C76H62N4/c1-3-4-18-51(2)77-71-28-15-13-26-64(71)66-47-55(35-43-73(66)77)57-37-45-75-68(49-57)69-50-58(56-36-44-74-67(48-56)65-27-14-16-29-72(65)79(74)60-23-9-6-10-24-60)38-46-76(69)80(75)62-41-33-53(34-42-62)52-31-39-61(40-32-52)78(59-21-7-5-8-22-59)70-30-17-20-54-19-11-12-25-63(54)70/h3-9,11-13,15,17-21,23,25-31,33-39,41-50,59,66,73H,1-2,10,14,16,22,24,32,40H2/b18-4-. The van der Waals surface area contributed by atoms with Crippen molar-refractivity contribution in [2.24, 2.45) is 0 Å². The first-order chi connectivity index (χ1) is 39.6. The fourth-order valence-corrected chi connectivity index (χ4v) is 13.9. The Bertz CT molecular complexity index is 4500. The van der Waals surface area contributed by atoms with E-state index in [1.54, 1.807) is 0 Å². The van der Waals surface area contributed by atoms with E-state index in [4.69, 9.17) is 0 Å². The Morgan fingerprint density at radius 3 is 2.14 bits per heavy atom. The second-order valence-corrected chi connectivity index (χ2v) is 22.2. The summed E-state index contributed by atoms with van der Waals surface area (Å²) in [6.07, 6.45) is 45.7.